The first kappa shape index (κ1) is 19.7. The minimum atomic E-state index is 1.05. The first-order chi connectivity index (χ1) is 10.2. The van der Waals surface area contributed by atoms with Crippen LogP contribution in [0.15, 0.2) is 30.4 Å². The molecule has 1 aromatic rings. The van der Waals surface area contributed by atoms with Crippen molar-refractivity contribution in [3.05, 3.63) is 47.0 Å². The maximum atomic E-state index is 2.36. The van der Waals surface area contributed by atoms with E-state index in [0.29, 0.717) is 0 Å². The lowest BCUT2D eigenvalue weighted by Crippen LogP contribution is -2.26. The van der Waals surface area contributed by atoms with Crippen molar-refractivity contribution in [1.82, 2.24) is 4.90 Å². The van der Waals surface area contributed by atoms with Gasteiger partial charge in [0.25, 0.3) is 0 Å². The van der Waals surface area contributed by atoms with Crippen molar-refractivity contribution in [2.24, 2.45) is 0 Å². The Hall–Kier alpha value is -1.34. The predicted molar refractivity (Wildman–Crippen MR) is 98.4 cm³/mol. The zero-order valence-corrected chi connectivity index (χ0v) is 15.0. The smallest absolute Gasteiger partial charge is 0.0240 e. The quantitative estimate of drug-likeness (QED) is 0.611. The summed E-state index contributed by atoms with van der Waals surface area (Å²) in [6, 6.07) is 6.59. The Balaban J connectivity index is 0.000000713. The van der Waals surface area contributed by atoms with E-state index in [2.05, 4.69) is 76.1 Å². The van der Waals surface area contributed by atoms with Crippen LogP contribution in [0.5, 0.6) is 0 Å². The van der Waals surface area contributed by atoms with Crippen LogP contribution in [0.2, 0.25) is 0 Å². The number of fused-ring (bicyclic) bond motifs is 1. The van der Waals surface area contributed by atoms with E-state index in [1.54, 1.807) is 0 Å². The largest absolute Gasteiger partial charge is 0.298 e. The Bertz CT molecular complexity index is 455. The molecule has 1 aliphatic heterocycles. The van der Waals surface area contributed by atoms with Crippen molar-refractivity contribution >= 4 is 11.6 Å². The molecule has 0 bridgehead atoms. The molecule has 1 aromatic carbocycles. The van der Waals surface area contributed by atoms with Gasteiger partial charge in [0.2, 0.25) is 0 Å². The van der Waals surface area contributed by atoms with Gasteiger partial charge in [0.05, 0.1) is 0 Å². The Morgan fingerprint density at radius 1 is 1.10 bits per heavy atom. The number of benzene rings is 1. The molecule has 1 nitrogen and oxygen atoms in total. The summed E-state index contributed by atoms with van der Waals surface area (Å²) >= 11 is 0. The summed E-state index contributed by atoms with van der Waals surface area (Å²) in [4.78, 5) is 2.36. The van der Waals surface area contributed by atoms with E-state index < -0.39 is 0 Å². The van der Waals surface area contributed by atoms with E-state index in [4.69, 9.17) is 0 Å². The van der Waals surface area contributed by atoms with Gasteiger partial charge in [-0.15, -0.1) is 0 Å². The fourth-order valence-corrected chi connectivity index (χ4v) is 2.41. The Morgan fingerprint density at radius 3 is 2.24 bits per heavy atom. The van der Waals surface area contributed by atoms with Gasteiger partial charge in [-0.1, -0.05) is 70.5 Å². The van der Waals surface area contributed by atoms with Gasteiger partial charge in [0, 0.05) is 13.1 Å². The zero-order valence-electron chi connectivity index (χ0n) is 15.0. The molecule has 1 heterocycles. The average molecular weight is 287 g/mol. The molecule has 118 valence electrons. The number of rotatable bonds is 1. The standard InChI is InChI=1S/C15H19N.C3H8.C2H6/c1-4-7-13-8-6-9-14-11-16(3)10-12(5-2)15(13)14;1-3-2;1-2/h4-9H,10-11H2,1-3H3;3H2,1-2H3;1-2H3/b7-4-,12-5-;;. The van der Waals surface area contributed by atoms with Crippen LogP contribution in [-0.4, -0.2) is 18.5 Å². The third kappa shape index (κ3) is 5.89. The second-order valence-electron chi connectivity index (χ2n) is 5.07. The molecule has 0 N–H and O–H groups in total. The number of nitrogens with zero attached hydrogens (tertiary/aromatic N) is 1. The Labute approximate surface area is 132 Å². The summed E-state index contributed by atoms with van der Waals surface area (Å²) in [6.45, 7) is 14.6. The first-order valence-corrected chi connectivity index (χ1v) is 8.26. The van der Waals surface area contributed by atoms with Crippen LogP contribution in [-0.2, 0) is 6.54 Å². The SMILES string of the molecule is C/C=C\c1cccc2c1/C(=C\C)CN(C)C2.CC.CCC. The minimum absolute atomic E-state index is 1.05. The highest BCUT2D eigenvalue weighted by Crippen LogP contribution is 2.30. The van der Waals surface area contributed by atoms with Crippen molar-refractivity contribution in [1.29, 1.82) is 0 Å². The van der Waals surface area contributed by atoms with Gasteiger partial charge < -0.3 is 0 Å². The lowest BCUT2D eigenvalue weighted by atomic mass is 9.90. The van der Waals surface area contributed by atoms with Crippen LogP contribution in [0.25, 0.3) is 11.6 Å². The van der Waals surface area contributed by atoms with Crippen LogP contribution >= 0.6 is 0 Å². The molecule has 0 aliphatic carbocycles. The van der Waals surface area contributed by atoms with Crippen LogP contribution in [0.4, 0.5) is 0 Å². The third-order valence-corrected chi connectivity index (χ3v) is 3.08. The molecule has 0 atom stereocenters. The fraction of sp³-hybridized carbons (Fsp3) is 0.500. The molecule has 1 aliphatic rings. The summed E-state index contributed by atoms with van der Waals surface area (Å²) in [5.74, 6) is 0. The highest BCUT2D eigenvalue weighted by atomic mass is 15.1. The maximum Gasteiger partial charge on any atom is 0.0240 e. The minimum Gasteiger partial charge on any atom is -0.298 e. The van der Waals surface area contributed by atoms with Gasteiger partial charge in [0.1, 0.15) is 0 Å². The highest BCUT2D eigenvalue weighted by molar-refractivity contribution is 5.78. The molecule has 2 rings (SSSR count). The monoisotopic (exact) mass is 287 g/mol. The van der Waals surface area contributed by atoms with E-state index in [1.165, 1.54) is 28.7 Å². The number of allylic oxidation sites excluding steroid dienone is 2. The maximum absolute atomic E-state index is 2.36. The third-order valence-electron chi connectivity index (χ3n) is 3.08. The van der Waals surface area contributed by atoms with E-state index in [1.807, 2.05) is 13.8 Å². The molecule has 0 unspecified atom stereocenters. The van der Waals surface area contributed by atoms with Crippen LogP contribution < -0.4 is 0 Å². The van der Waals surface area contributed by atoms with Crippen LogP contribution in [0, 0.1) is 0 Å². The lowest BCUT2D eigenvalue weighted by Gasteiger charge is -2.28. The van der Waals surface area contributed by atoms with Crippen LogP contribution in [0.3, 0.4) is 0 Å². The van der Waals surface area contributed by atoms with Crippen molar-refractivity contribution in [3.63, 3.8) is 0 Å². The van der Waals surface area contributed by atoms with Crippen molar-refractivity contribution in [2.45, 2.75) is 54.5 Å². The van der Waals surface area contributed by atoms with Gasteiger partial charge in [0.15, 0.2) is 0 Å². The Kier molecular flexibility index (Phi) is 10.6. The molecule has 0 spiro atoms. The number of hydrogen-bond donors (Lipinski definition) is 0. The first-order valence-electron chi connectivity index (χ1n) is 8.26. The van der Waals surface area contributed by atoms with Gasteiger partial charge in [-0.25, -0.2) is 0 Å². The molecule has 0 aromatic heterocycles. The molecular formula is C20H33N. The van der Waals surface area contributed by atoms with E-state index in [-0.39, 0.29) is 0 Å². The summed E-state index contributed by atoms with van der Waals surface area (Å²) < 4.78 is 0. The van der Waals surface area contributed by atoms with Gasteiger partial charge >= 0.3 is 0 Å². The van der Waals surface area contributed by atoms with Crippen molar-refractivity contribution in [3.8, 4) is 0 Å². The predicted octanol–water partition coefficient (Wildman–Crippen LogP) is 6.01. The summed E-state index contributed by atoms with van der Waals surface area (Å²) in [7, 11) is 2.18. The van der Waals surface area contributed by atoms with Crippen molar-refractivity contribution in [2.75, 3.05) is 13.6 Å². The summed E-state index contributed by atoms with van der Waals surface area (Å²) in [5.41, 5.74) is 5.68. The van der Waals surface area contributed by atoms with E-state index in [9.17, 15) is 0 Å². The zero-order chi connectivity index (χ0) is 16.3. The molecule has 0 saturated carbocycles. The average Bonchev–Trinajstić information content (AvgIpc) is 2.49. The second kappa shape index (κ2) is 11.3. The fourth-order valence-electron chi connectivity index (χ4n) is 2.41. The lowest BCUT2D eigenvalue weighted by molar-refractivity contribution is 0.359. The van der Waals surface area contributed by atoms with Gasteiger partial charge in [-0.05, 0) is 43.2 Å². The van der Waals surface area contributed by atoms with Gasteiger partial charge in [-0.2, -0.15) is 0 Å². The molecule has 1 heteroatoms. The molecular weight excluding hydrogens is 254 g/mol. The number of hydrogen-bond acceptors (Lipinski definition) is 1. The molecule has 0 fully saturated rings. The molecule has 21 heavy (non-hydrogen) atoms. The second-order valence-corrected chi connectivity index (χ2v) is 5.07. The summed E-state index contributed by atoms with van der Waals surface area (Å²) in [5, 5.41) is 0. The van der Waals surface area contributed by atoms with E-state index in [0.717, 1.165) is 13.1 Å². The topological polar surface area (TPSA) is 3.24 Å². The molecule has 0 saturated heterocycles. The van der Waals surface area contributed by atoms with Gasteiger partial charge in [-0.3, -0.25) is 4.90 Å². The molecule has 0 radical (unpaired) electrons. The van der Waals surface area contributed by atoms with Crippen LogP contribution in [0.1, 0.15) is 64.7 Å². The normalized spacial score (nSPS) is 15.9. The highest BCUT2D eigenvalue weighted by Gasteiger charge is 2.18. The molecule has 0 amide bonds. The van der Waals surface area contributed by atoms with Crippen molar-refractivity contribution < 1.29 is 0 Å². The Morgan fingerprint density at radius 2 is 1.71 bits per heavy atom. The van der Waals surface area contributed by atoms with E-state index >= 15 is 0 Å². The summed E-state index contributed by atoms with van der Waals surface area (Å²) in [6.07, 6.45) is 7.80. The number of likely N-dealkylation sites (N-methyl/N-ethyl adjacent to an activating group) is 1.